The fourth-order valence-corrected chi connectivity index (χ4v) is 3.34. The van der Waals surface area contributed by atoms with E-state index < -0.39 is 0 Å². The summed E-state index contributed by atoms with van der Waals surface area (Å²) in [7, 11) is 3.20. The molecule has 0 saturated carbocycles. The molecule has 7 heteroatoms. The molecule has 0 spiro atoms. The number of nitrogens with zero attached hydrogens (tertiary/aromatic N) is 3. The third-order valence-electron chi connectivity index (χ3n) is 3.82. The average molecular weight is 371 g/mol. The molecule has 0 N–H and O–H groups in total. The molecule has 0 bridgehead atoms. The molecular formula is C19H21N3O3S. The molecule has 0 atom stereocenters. The van der Waals surface area contributed by atoms with Crippen molar-refractivity contribution in [3.05, 3.63) is 59.1 Å². The fraction of sp³-hybridized carbons (Fsp3) is 0.263. The van der Waals surface area contributed by atoms with Crippen molar-refractivity contribution in [2.24, 2.45) is 0 Å². The zero-order valence-corrected chi connectivity index (χ0v) is 15.7. The quantitative estimate of drug-likeness (QED) is 0.530. The second kappa shape index (κ2) is 8.64. The summed E-state index contributed by atoms with van der Waals surface area (Å²) >= 11 is 1.73. The molecule has 0 radical (unpaired) electrons. The second-order valence-electron chi connectivity index (χ2n) is 5.62. The van der Waals surface area contributed by atoms with Gasteiger partial charge in [-0.3, -0.25) is 4.90 Å². The first-order valence-corrected chi connectivity index (χ1v) is 9.02. The van der Waals surface area contributed by atoms with Gasteiger partial charge in [-0.2, -0.15) is 4.98 Å². The molecule has 26 heavy (non-hydrogen) atoms. The summed E-state index contributed by atoms with van der Waals surface area (Å²) in [4.78, 5) is 8.00. The molecule has 6 nitrogen and oxygen atoms in total. The van der Waals surface area contributed by atoms with E-state index in [-0.39, 0.29) is 0 Å². The molecule has 0 aliphatic heterocycles. The second-order valence-corrected chi connectivity index (χ2v) is 6.65. The van der Waals surface area contributed by atoms with Crippen molar-refractivity contribution in [1.82, 2.24) is 15.0 Å². The Balaban J connectivity index is 1.75. The standard InChI is InChI=1S/C19H21N3O3S/c1-4-9-22(12-15-6-5-10-26-15)13-18-20-19(21-25-18)14-7-8-16(23-2)17(11-14)24-3/h4-8,10-11H,1,9,12-13H2,2-3H3. The summed E-state index contributed by atoms with van der Waals surface area (Å²) in [6.07, 6.45) is 1.87. The molecule has 0 aliphatic rings. The summed E-state index contributed by atoms with van der Waals surface area (Å²) < 4.78 is 16.0. The molecular weight excluding hydrogens is 350 g/mol. The van der Waals surface area contributed by atoms with E-state index in [9.17, 15) is 0 Å². The maximum absolute atomic E-state index is 5.44. The van der Waals surface area contributed by atoms with Crippen LogP contribution in [-0.2, 0) is 13.1 Å². The SMILES string of the molecule is C=CCN(Cc1nc(-c2ccc(OC)c(OC)c2)no1)Cc1cccs1. The predicted molar refractivity (Wildman–Crippen MR) is 101 cm³/mol. The van der Waals surface area contributed by atoms with Crippen LogP contribution >= 0.6 is 11.3 Å². The lowest BCUT2D eigenvalue weighted by Gasteiger charge is -2.17. The van der Waals surface area contributed by atoms with Crippen molar-refractivity contribution in [3.63, 3.8) is 0 Å². The molecule has 0 fully saturated rings. The van der Waals surface area contributed by atoms with E-state index >= 15 is 0 Å². The monoisotopic (exact) mass is 371 g/mol. The lowest BCUT2D eigenvalue weighted by Crippen LogP contribution is -2.22. The largest absolute Gasteiger partial charge is 0.493 e. The number of thiophene rings is 1. The van der Waals surface area contributed by atoms with E-state index in [0.29, 0.717) is 29.8 Å². The Bertz CT molecular complexity index is 846. The van der Waals surface area contributed by atoms with Gasteiger partial charge in [-0.05, 0) is 29.6 Å². The number of hydrogen-bond acceptors (Lipinski definition) is 7. The molecule has 2 aromatic heterocycles. The number of benzene rings is 1. The van der Waals surface area contributed by atoms with Gasteiger partial charge in [-0.1, -0.05) is 17.3 Å². The van der Waals surface area contributed by atoms with Gasteiger partial charge in [0.25, 0.3) is 0 Å². The topological polar surface area (TPSA) is 60.6 Å². The molecule has 3 rings (SSSR count). The van der Waals surface area contributed by atoms with Crippen molar-refractivity contribution < 1.29 is 14.0 Å². The lowest BCUT2D eigenvalue weighted by atomic mass is 10.2. The molecule has 0 amide bonds. The number of rotatable bonds is 9. The van der Waals surface area contributed by atoms with Crippen molar-refractivity contribution in [2.75, 3.05) is 20.8 Å². The van der Waals surface area contributed by atoms with Gasteiger partial charge in [0, 0.05) is 23.5 Å². The van der Waals surface area contributed by atoms with Crippen molar-refractivity contribution >= 4 is 11.3 Å². The number of ether oxygens (including phenoxy) is 2. The molecule has 0 unspecified atom stereocenters. The minimum Gasteiger partial charge on any atom is -0.493 e. The van der Waals surface area contributed by atoms with Crippen LogP contribution in [0.1, 0.15) is 10.8 Å². The number of hydrogen-bond donors (Lipinski definition) is 0. The highest BCUT2D eigenvalue weighted by Gasteiger charge is 2.15. The van der Waals surface area contributed by atoms with Crippen molar-refractivity contribution in [1.29, 1.82) is 0 Å². The van der Waals surface area contributed by atoms with Gasteiger partial charge in [-0.15, -0.1) is 17.9 Å². The Hall–Kier alpha value is -2.64. The zero-order chi connectivity index (χ0) is 18.4. The van der Waals surface area contributed by atoms with Crippen LogP contribution in [0, 0.1) is 0 Å². The highest BCUT2D eigenvalue weighted by atomic mass is 32.1. The molecule has 3 aromatic rings. The summed E-state index contributed by atoms with van der Waals surface area (Å²) in [5.41, 5.74) is 0.811. The Morgan fingerprint density at radius 2 is 2.04 bits per heavy atom. The summed E-state index contributed by atoms with van der Waals surface area (Å²) in [5, 5.41) is 6.17. The van der Waals surface area contributed by atoms with Gasteiger partial charge in [0.15, 0.2) is 11.5 Å². The van der Waals surface area contributed by atoms with Crippen LogP contribution in [0.25, 0.3) is 11.4 Å². The minimum atomic E-state index is 0.524. The summed E-state index contributed by atoms with van der Waals surface area (Å²) in [6, 6.07) is 9.70. The van der Waals surface area contributed by atoms with Gasteiger partial charge in [0.05, 0.1) is 20.8 Å². The molecule has 0 saturated heterocycles. The van der Waals surface area contributed by atoms with E-state index in [2.05, 4.69) is 33.1 Å². The number of aromatic nitrogens is 2. The Labute approximate surface area is 156 Å². The Morgan fingerprint density at radius 3 is 2.73 bits per heavy atom. The van der Waals surface area contributed by atoms with E-state index in [1.54, 1.807) is 25.6 Å². The minimum absolute atomic E-state index is 0.524. The van der Waals surface area contributed by atoms with E-state index in [1.807, 2.05) is 30.3 Å². The van der Waals surface area contributed by atoms with E-state index in [0.717, 1.165) is 18.7 Å². The van der Waals surface area contributed by atoms with Gasteiger partial charge in [0.1, 0.15) is 0 Å². The lowest BCUT2D eigenvalue weighted by molar-refractivity contribution is 0.241. The molecule has 136 valence electrons. The summed E-state index contributed by atoms with van der Waals surface area (Å²) in [6.45, 7) is 5.95. The first-order valence-electron chi connectivity index (χ1n) is 8.14. The molecule has 0 aliphatic carbocycles. The smallest absolute Gasteiger partial charge is 0.241 e. The maximum Gasteiger partial charge on any atom is 0.241 e. The van der Waals surface area contributed by atoms with Crippen molar-refractivity contribution in [3.8, 4) is 22.9 Å². The van der Waals surface area contributed by atoms with Gasteiger partial charge in [0.2, 0.25) is 11.7 Å². The third-order valence-corrected chi connectivity index (χ3v) is 4.68. The van der Waals surface area contributed by atoms with Crippen LogP contribution in [0.5, 0.6) is 11.5 Å². The average Bonchev–Trinajstić information content (AvgIpc) is 3.33. The first kappa shape index (κ1) is 18.2. The molecule has 1 aromatic carbocycles. The fourth-order valence-electron chi connectivity index (χ4n) is 2.59. The van der Waals surface area contributed by atoms with Crippen LogP contribution in [0.2, 0.25) is 0 Å². The van der Waals surface area contributed by atoms with Crippen LogP contribution < -0.4 is 9.47 Å². The van der Waals surface area contributed by atoms with Gasteiger partial charge >= 0.3 is 0 Å². The maximum atomic E-state index is 5.44. The van der Waals surface area contributed by atoms with Crippen LogP contribution in [0.4, 0.5) is 0 Å². The van der Waals surface area contributed by atoms with Crippen molar-refractivity contribution in [2.45, 2.75) is 13.1 Å². The zero-order valence-electron chi connectivity index (χ0n) is 14.8. The van der Waals surface area contributed by atoms with Gasteiger partial charge in [-0.25, -0.2) is 0 Å². The Kier molecular flexibility index (Phi) is 6.04. The highest BCUT2D eigenvalue weighted by Crippen LogP contribution is 2.31. The highest BCUT2D eigenvalue weighted by molar-refractivity contribution is 7.09. The normalized spacial score (nSPS) is 10.9. The van der Waals surface area contributed by atoms with Gasteiger partial charge < -0.3 is 14.0 Å². The third kappa shape index (κ3) is 4.30. The predicted octanol–water partition coefficient (Wildman–Crippen LogP) is 4.00. The van der Waals surface area contributed by atoms with Crippen LogP contribution in [0.3, 0.4) is 0 Å². The molecule has 2 heterocycles. The number of methoxy groups -OCH3 is 2. The first-order chi connectivity index (χ1) is 12.7. The van der Waals surface area contributed by atoms with Crippen LogP contribution in [-0.4, -0.2) is 35.8 Å². The van der Waals surface area contributed by atoms with Crippen LogP contribution in [0.15, 0.2) is 52.9 Å². The van der Waals surface area contributed by atoms with E-state index in [1.165, 1.54) is 4.88 Å². The van der Waals surface area contributed by atoms with E-state index in [4.69, 9.17) is 14.0 Å². The Morgan fingerprint density at radius 1 is 1.19 bits per heavy atom. The summed E-state index contributed by atoms with van der Waals surface area (Å²) in [5.74, 6) is 2.37.